The second-order valence-corrected chi connectivity index (χ2v) is 9.57. The van der Waals surface area contributed by atoms with Crippen LogP contribution in [-0.2, 0) is 25.7 Å². The first-order valence-corrected chi connectivity index (χ1v) is 12.9. The molecule has 12 heteroatoms. The van der Waals surface area contributed by atoms with Crippen LogP contribution in [0, 0.1) is 0 Å². The van der Waals surface area contributed by atoms with E-state index in [0.29, 0.717) is 25.7 Å². The topological polar surface area (TPSA) is 160 Å². The van der Waals surface area contributed by atoms with Crippen molar-refractivity contribution in [3.05, 3.63) is 58.6 Å². The number of carbonyl (C=O) groups is 4. The number of halogens is 1. The molecule has 0 spiro atoms. The third-order valence-corrected chi connectivity index (χ3v) is 6.73. The van der Waals surface area contributed by atoms with Crippen LogP contribution in [0.5, 0.6) is 5.75 Å². The van der Waals surface area contributed by atoms with Gasteiger partial charge in [-0.2, -0.15) is 0 Å². The van der Waals surface area contributed by atoms with Gasteiger partial charge in [0.25, 0.3) is 5.91 Å². The van der Waals surface area contributed by atoms with Crippen LogP contribution in [0.15, 0.2) is 42.5 Å². The maximum absolute atomic E-state index is 13.2. The van der Waals surface area contributed by atoms with Gasteiger partial charge in [0.1, 0.15) is 24.1 Å². The summed E-state index contributed by atoms with van der Waals surface area (Å²) in [4.78, 5) is 51.8. The van der Waals surface area contributed by atoms with Crippen molar-refractivity contribution in [3.63, 3.8) is 0 Å². The van der Waals surface area contributed by atoms with Crippen molar-refractivity contribution in [1.82, 2.24) is 15.5 Å². The second-order valence-electron chi connectivity index (χ2n) is 9.16. The summed E-state index contributed by atoms with van der Waals surface area (Å²) in [7, 11) is 1.38. The van der Waals surface area contributed by atoms with E-state index in [-0.39, 0.29) is 35.1 Å². The quantitative estimate of drug-likeness (QED) is 0.173. The zero-order chi connectivity index (χ0) is 28.5. The van der Waals surface area contributed by atoms with Crippen molar-refractivity contribution in [1.29, 1.82) is 0 Å². The molecule has 1 heterocycles. The van der Waals surface area contributed by atoms with E-state index >= 15 is 0 Å². The first kappa shape index (κ1) is 29.9. The highest BCUT2D eigenvalue weighted by Crippen LogP contribution is 2.29. The van der Waals surface area contributed by atoms with Crippen LogP contribution in [0.1, 0.15) is 42.1 Å². The summed E-state index contributed by atoms with van der Waals surface area (Å²) in [5.41, 5.74) is 6.93. The lowest BCUT2D eigenvalue weighted by atomic mass is 10.1. The van der Waals surface area contributed by atoms with Gasteiger partial charge in [0.2, 0.25) is 11.8 Å². The molecule has 0 radical (unpaired) electrons. The molecular formula is C27H33ClN4O7. The number of likely N-dealkylation sites (tertiary alicyclic amines) is 1. The number of amides is 3. The molecule has 11 nitrogen and oxygen atoms in total. The van der Waals surface area contributed by atoms with E-state index in [0.717, 1.165) is 5.56 Å². The Morgan fingerprint density at radius 2 is 1.95 bits per heavy atom. The van der Waals surface area contributed by atoms with Crippen molar-refractivity contribution in [2.24, 2.45) is 0 Å². The first-order valence-electron chi connectivity index (χ1n) is 12.5. The van der Waals surface area contributed by atoms with E-state index in [4.69, 9.17) is 26.8 Å². The Hall–Kier alpha value is -3.67. The Morgan fingerprint density at radius 3 is 2.62 bits per heavy atom. The predicted molar refractivity (Wildman–Crippen MR) is 144 cm³/mol. The van der Waals surface area contributed by atoms with E-state index in [1.165, 1.54) is 31.1 Å². The molecule has 3 rings (SSSR count). The molecule has 1 aliphatic rings. The minimum absolute atomic E-state index is 0.0858. The highest BCUT2D eigenvalue weighted by molar-refractivity contribution is 6.33. The number of methoxy groups -OCH3 is 1. The average molecular weight is 561 g/mol. The van der Waals surface area contributed by atoms with Gasteiger partial charge in [-0.3, -0.25) is 14.4 Å². The van der Waals surface area contributed by atoms with E-state index < -0.39 is 42.1 Å². The summed E-state index contributed by atoms with van der Waals surface area (Å²) in [5, 5.41) is 15.9. The minimum Gasteiger partial charge on any atom is -0.496 e. The molecule has 210 valence electrons. The Kier molecular flexibility index (Phi) is 10.7. The molecule has 3 amide bonds. The van der Waals surface area contributed by atoms with Gasteiger partial charge in [-0.05, 0) is 31.4 Å². The van der Waals surface area contributed by atoms with Crippen molar-refractivity contribution in [2.75, 3.05) is 19.4 Å². The molecule has 2 aromatic carbocycles. The number of aliphatic hydroxyl groups excluding tert-OH is 1. The van der Waals surface area contributed by atoms with Gasteiger partial charge in [-0.15, -0.1) is 0 Å². The lowest BCUT2D eigenvalue weighted by Crippen LogP contribution is -2.55. The molecule has 1 aliphatic heterocycles. The summed E-state index contributed by atoms with van der Waals surface area (Å²) in [5.74, 6) is -1.39. The molecule has 0 saturated carbocycles. The smallest absolute Gasteiger partial charge is 0.255 e. The molecule has 2 aromatic rings. The maximum atomic E-state index is 13.2. The monoisotopic (exact) mass is 560 g/mol. The zero-order valence-corrected chi connectivity index (χ0v) is 22.5. The van der Waals surface area contributed by atoms with Crippen molar-refractivity contribution in [3.8, 4) is 5.75 Å². The summed E-state index contributed by atoms with van der Waals surface area (Å²) >= 11 is 6.05. The molecule has 2 unspecified atom stereocenters. The highest BCUT2D eigenvalue weighted by Gasteiger charge is 2.38. The summed E-state index contributed by atoms with van der Waals surface area (Å²) < 4.78 is 10.7. The van der Waals surface area contributed by atoms with Crippen molar-refractivity contribution < 1.29 is 33.8 Å². The number of benzene rings is 2. The largest absolute Gasteiger partial charge is 0.496 e. The normalized spacial score (nSPS) is 17.1. The SMILES string of the molecule is COc1cc(N)c(Cl)cc1C(=O)N[C@@H](C)C(=O)N1CCC[C@H]1C(=O)NC(CC=O)C(O)OCc1ccccc1. The molecule has 0 bridgehead atoms. The second kappa shape index (κ2) is 13.9. The number of nitrogens with one attached hydrogen (secondary N) is 2. The summed E-state index contributed by atoms with van der Waals surface area (Å²) in [6.45, 7) is 1.90. The van der Waals surface area contributed by atoms with Crippen LogP contribution in [0.4, 0.5) is 5.69 Å². The number of aldehydes is 1. The minimum atomic E-state index is -1.44. The van der Waals surface area contributed by atoms with Crippen LogP contribution in [-0.4, -0.2) is 72.1 Å². The fourth-order valence-corrected chi connectivity index (χ4v) is 4.47. The molecule has 39 heavy (non-hydrogen) atoms. The summed E-state index contributed by atoms with van der Waals surface area (Å²) in [6.07, 6.45) is -0.0933. The Labute approximate surface area is 231 Å². The van der Waals surface area contributed by atoms with Gasteiger partial charge >= 0.3 is 0 Å². The van der Waals surface area contributed by atoms with Gasteiger partial charge in [0.05, 0.1) is 36.0 Å². The fraction of sp³-hybridized carbons (Fsp3) is 0.407. The van der Waals surface area contributed by atoms with Gasteiger partial charge in [-0.25, -0.2) is 0 Å². The van der Waals surface area contributed by atoms with E-state index in [9.17, 15) is 24.3 Å². The molecule has 0 aliphatic carbocycles. The average Bonchev–Trinajstić information content (AvgIpc) is 3.43. The van der Waals surface area contributed by atoms with Crippen LogP contribution < -0.4 is 21.1 Å². The van der Waals surface area contributed by atoms with Gasteiger partial charge in [-0.1, -0.05) is 41.9 Å². The van der Waals surface area contributed by atoms with E-state index in [2.05, 4.69) is 10.6 Å². The number of anilines is 1. The van der Waals surface area contributed by atoms with Crippen LogP contribution in [0.3, 0.4) is 0 Å². The number of aliphatic hydroxyl groups is 1. The van der Waals surface area contributed by atoms with Crippen LogP contribution in [0.2, 0.25) is 5.02 Å². The molecule has 1 fully saturated rings. The highest BCUT2D eigenvalue weighted by atomic mass is 35.5. The van der Waals surface area contributed by atoms with E-state index in [1.54, 1.807) is 0 Å². The standard InChI is InChI=1S/C27H33ClN4O7/c1-16(30-24(34)18-13-19(28)20(29)14-23(18)38-2)26(36)32-11-6-9-22(32)25(35)31-21(10-12-33)27(37)39-15-17-7-4-3-5-8-17/h3-5,7-8,12-14,16,21-22,27,37H,6,9-11,15,29H2,1-2H3,(H,30,34)(H,31,35)/t16-,21?,22-,27?/m0/s1. The van der Waals surface area contributed by atoms with Crippen LogP contribution in [0.25, 0.3) is 0 Å². The Bertz CT molecular complexity index is 1180. The lowest BCUT2D eigenvalue weighted by Gasteiger charge is -2.29. The van der Waals surface area contributed by atoms with E-state index in [1.807, 2.05) is 30.3 Å². The zero-order valence-electron chi connectivity index (χ0n) is 21.8. The van der Waals surface area contributed by atoms with Gasteiger partial charge < -0.3 is 40.6 Å². The number of nitrogens with two attached hydrogens (primary N) is 1. The maximum Gasteiger partial charge on any atom is 0.255 e. The van der Waals surface area contributed by atoms with Crippen LogP contribution >= 0.6 is 11.6 Å². The summed E-state index contributed by atoms with van der Waals surface area (Å²) in [6, 6.07) is 9.09. The first-order chi connectivity index (χ1) is 18.7. The lowest BCUT2D eigenvalue weighted by molar-refractivity contribution is -0.148. The van der Waals surface area contributed by atoms with Gasteiger partial charge in [0, 0.05) is 19.0 Å². The predicted octanol–water partition coefficient (Wildman–Crippen LogP) is 1.65. The number of carbonyl (C=O) groups excluding carboxylic acids is 4. The molecule has 4 atom stereocenters. The number of nitrogen functional groups attached to an aromatic ring is 1. The van der Waals surface area contributed by atoms with Crippen molar-refractivity contribution in [2.45, 2.75) is 57.2 Å². The molecule has 5 N–H and O–H groups in total. The van der Waals surface area contributed by atoms with Crippen molar-refractivity contribution >= 4 is 41.3 Å². The molecule has 1 saturated heterocycles. The number of hydrogen-bond donors (Lipinski definition) is 4. The number of ether oxygens (including phenoxy) is 2. The third-order valence-electron chi connectivity index (χ3n) is 6.41. The molecular weight excluding hydrogens is 528 g/mol. The number of nitrogens with zero attached hydrogens (tertiary/aromatic N) is 1. The fourth-order valence-electron chi connectivity index (χ4n) is 4.30. The molecule has 0 aromatic heterocycles. The third kappa shape index (κ3) is 7.69. The van der Waals surface area contributed by atoms with Gasteiger partial charge in [0.15, 0.2) is 6.29 Å². The number of hydrogen-bond acceptors (Lipinski definition) is 8. The Balaban J connectivity index is 1.63. The Morgan fingerprint density at radius 1 is 1.23 bits per heavy atom. The number of rotatable bonds is 12.